The zero-order chi connectivity index (χ0) is 11.1. The topological polar surface area (TPSA) is 39.6 Å². The van der Waals surface area contributed by atoms with Crippen LogP contribution in [0.15, 0.2) is 24.4 Å². The smallest absolute Gasteiger partial charge is 0.0766 e. The molecule has 2 rings (SSSR count). The van der Waals surface area contributed by atoms with Gasteiger partial charge in [0.15, 0.2) is 0 Å². The van der Waals surface area contributed by atoms with Gasteiger partial charge in [-0.2, -0.15) is 5.26 Å². The lowest BCUT2D eigenvalue weighted by Crippen LogP contribution is -2.13. The van der Waals surface area contributed by atoms with Crippen molar-refractivity contribution in [3.8, 4) is 6.07 Å². The van der Waals surface area contributed by atoms with Crippen molar-refractivity contribution >= 4 is 10.9 Å². The summed E-state index contributed by atoms with van der Waals surface area (Å²) in [5.41, 5.74) is 3.00. The molecular formula is C13H14N2. The van der Waals surface area contributed by atoms with E-state index in [9.17, 15) is 0 Å². The van der Waals surface area contributed by atoms with Crippen molar-refractivity contribution in [3.63, 3.8) is 0 Å². The maximum atomic E-state index is 9.08. The number of aryl methyl sites for hydroxylation is 1. The lowest BCUT2D eigenvalue weighted by molar-refractivity contribution is 0.688. The van der Waals surface area contributed by atoms with Gasteiger partial charge in [-0.05, 0) is 44.0 Å². The summed E-state index contributed by atoms with van der Waals surface area (Å²) in [4.78, 5) is 3.20. The Morgan fingerprint density at radius 3 is 2.73 bits per heavy atom. The van der Waals surface area contributed by atoms with Gasteiger partial charge in [-0.1, -0.05) is 6.07 Å². The molecule has 0 radical (unpaired) electrons. The molecule has 1 aromatic carbocycles. The number of nitriles is 1. The highest BCUT2D eigenvalue weighted by Crippen LogP contribution is 2.27. The van der Waals surface area contributed by atoms with Crippen LogP contribution in [0.2, 0.25) is 0 Å². The molecule has 1 aromatic heterocycles. The number of aromatic nitrogens is 1. The molecule has 0 atom stereocenters. The minimum atomic E-state index is -0.419. The molecule has 0 aliphatic rings. The Hall–Kier alpha value is -1.75. The molecule has 0 saturated carbocycles. The summed E-state index contributed by atoms with van der Waals surface area (Å²) >= 11 is 0. The number of H-pyrrole nitrogens is 1. The SMILES string of the molecule is Cc1c[nH]c2ccc(C(C)(C)C#N)cc12. The van der Waals surface area contributed by atoms with E-state index in [0.29, 0.717) is 0 Å². The van der Waals surface area contributed by atoms with E-state index in [0.717, 1.165) is 11.1 Å². The fourth-order valence-corrected chi connectivity index (χ4v) is 1.71. The van der Waals surface area contributed by atoms with Crippen LogP contribution in [0.4, 0.5) is 0 Å². The minimum Gasteiger partial charge on any atom is -0.361 e. The molecular weight excluding hydrogens is 184 g/mol. The molecule has 0 bridgehead atoms. The van der Waals surface area contributed by atoms with Gasteiger partial charge in [0.25, 0.3) is 0 Å². The first-order valence-corrected chi connectivity index (χ1v) is 5.04. The molecule has 0 amide bonds. The average Bonchev–Trinajstić information content (AvgIpc) is 2.60. The molecule has 76 valence electrons. The largest absolute Gasteiger partial charge is 0.361 e. The highest BCUT2D eigenvalue weighted by atomic mass is 14.7. The van der Waals surface area contributed by atoms with E-state index >= 15 is 0 Å². The molecule has 2 aromatic rings. The molecule has 0 saturated heterocycles. The Morgan fingerprint density at radius 2 is 2.07 bits per heavy atom. The average molecular weight is 198 g/mol. The monoisotopic (exact) mass is 198 g/mol. The van der Waals surface area contributed by atoms with E-state index in [1.165, 1.54) is 10.9 Å². The van der Waals surface area contributed by atoms with Crippen molar-refractivity contribution in [2.45, 2.75) is 26.2 Å². The van der Waals surface area contributed by atoms with Gasteiger partial charge in [-0.15, -0.1) is 0 Å². The van der Waals surface area contributed by atoms with Crippen molar-refractivity contribution in [3.05, 3.63) is 35.5 Å². The van der Waals surface area contributed by atoms with Crippen LogP contribution in [0.1, 0.15) is 25.0 Å². The van der Waals surface area contributed by atoms with E-state index in [-0.39, 0.29) is 0 Å². The van der Waals surface area contributed by atoms with Crippen LogP contribution >= 0.6 is 0 Å². The number of hydrogen-bond donors (Lipinski definition) is 1. The molecule has 2 heteroatoms. The number of rotatable bonds is 1. The predicted molar refractivity (Wildman–Crippen MR) is 61.7 cm³/mol. The highest BCUT2D eigenvalue weighted by Gasteiger charge is 2.20. The summed E-state index contributed by atoms with van der Waals surface area (Å²) in [7, 11) is 0. The van der Waals surface area contributed by atoms with Gasteiger partial charge in [0.1, 0.15) is 0 Å². The van der Waals surface area contributed by atoms with Crippen molar-refractivity contribution in [1.29, 1.82) is 5.26 Å². The Labute approximate surface area is 89.5 Å². The van der Waals surface area contributed by atoms with Gasteiger partial charge in [0, 0.05) is 17.1 Å². The molecule has 0 fully saturated rings. The number of fused-ring (bicyclic) bond motifs is 1. The molecule has 15 heavy (non-hydrogen) atoms. The Bertz CT molecular complexity index is 541. The predicted octanol–water partition coefficient (Wildman–Crippen LogP) is 3.28. The van der Waals surface area contributed by atoms with Crippen LogP contribution in [0.5, 0.6) is 0 Å². The summed E-state index contributed by atoms with van der Waals surface area (Å²) < 4.78 is 0. The molecule has 0 aliphatic heterocycles. The molecule has 2 nitrogen and oxygen atoms in total. The van der Waals surface area contributed by atoms with Crippen LogP contribution in [-0.4, -0.2) is 4.98 Å². The minimum absolute atomic E-state index is 0.419. The zero-order valence-corrected chi connectivity index (χ0v) is 9.26. The normalized spacial score (nSPS) is 11.6. The Morgan fingerprint density at radius 1 is 1.33 bits per heavy atom. The first-order chi connectivity index (χ1) is 7.04. The van der Waals surface area contributed by atoms with Crippen molar-refractivity contribution in [1.82, 2.24) is 4.98 Å². The summed E-state index contributed by atoms with van der Waals surface area (Å²) in [6.45, 7) is 5.95. The highest BCUT2D eigenvalue weighted by molar-refractivity contribution is 5.83. The van der Waals surface area contributed by atoms with Crippen LogP contribution in [0.25, 0.3) is 10.9 Å². The summed E-state index contributed by atoms with van der Waals surface area (Å²) in [6, 6.07) is 8.48. The third kappa shape index (κ3) is 1.50. The number of nitrogens with zero attached hydrogens (tertiary/aromatic N) is 1. The Kier molecular flexibility index (Phi) is 2.04. The van der Waals surface area contributed by atoms with Gasteiger partial charge < -0.3 is 4.98 Å². The van der Waals surface area contributed by atoms with Crippen LogP contribution in [0.3, 0.4) is 0 Å². The molecule has 1 heterocycles. The quantitative estimate of drug-likeness (QED) is 0.750. The van der Waals surface area contributed by atoms with E-state index in [2.05, 4.69) is 24.0 Å². The van der Waals surface area contributed by atoms with Gasteiger partial charge in [0.05, 0.1) is 11.5 Å². The standard InChI is InChI=1S/C13H14N2/c1-9-7-15-12-5-4-10(6-11(9)12)13(2,3)8-14/h4-7,15H,1-3H3. The third-order valence-electron chi connectivity index (χ3n) is 2.89. The van der Waals surface area contributed by atoms with Crippen LogP contribution < -0.4 is 0 Å². The van der Waals surface area contributed by atoms with E-state index in [4.69, 9.17) is 5.26 Å². The fraction of sp³-hybridized carbons (Fsp3) is 0.308. The van der Waals surface area contributed by atoms with Gasteiger partial charge in [-0.25, -0.2) is 0 Å². The first-order valence-electron chi connectivity index (χ1n) is 5.04. The fourth-order valence-electron chi connectivity index (χ4n) is 1.71. The summed E-state index contributed by atoms with van der Waals surface area (Å²) in [5.74, 6) is 0. The van der Waals surface area contributed by atoms with E-state index in [1.807, 2.05) is 32.2 Å². The summed E-state index contributed by atoms with van der Waals surface area (Å²) in [6.07, 6.45) is 1.99. The van der Waals surface area contributed by atoms with Crippen LogP contribution in [0, 0.1) is 18.3 Å². The summed E-state index contributed by atoms with van der Waals surface area (Å²) in [5, 5.41) is 10.3. The van der Waals surface area contributed by atoms with E-state index < -0.39 is 5.41 Å². The molecule has 1 N–H and O–H groups in total. The maximum Gasteiger partial charge on any atom is 0.0766 e. The van der Waals surface area contributed by atoms with Crippen molar-refractivity contribution in [2.24, 2.45) is 0 Å². The third-order valence-corrected chi connectivity index (χ3v) is 2.89. The second-order valence-corrected chi connectivity index (χ2v) is 4.47. The zero-order valence-electron chi connectivity index (χ0n) is 9.26. The van der Waals surface area contributed by atoms with Gasteiger partial charge >= 0.3 is 0 Å². The lowest BCUT2D eigenvalue weighted by Gasteiger charge is -2.15. The van der Waals surface area contributed by atoms with Gasteiger partial charge in [-0.3, -0.25) is 0 Å². The van der Waals surface area contributed by atoms with Crippen LogP contribution in [-0.2, 0) is 5.41 Å². The molecule has 0 unspecified atom stereocenters. The second kappa shape index (κ2) is 3.13. The first kappa shape index (κ1) is 9.79. The van der Waals surface area contributed by atoms with Gasteiger partial charge in [0.2, 0.25) is 0 Å². The molecule has 0 spiro atoms. The number of aromatic amines is 1. The lowest BCUT2D eigenvalue weighted by atomic mass is 9.85. The number of benzene rings is 1. The molecule has 0 aliphatic carbocycles. The number of nitrogens with one attached hydrogen (secondary N) is 1. The van der Waals surface area contributed by atoms with Crippen molar-refractivity contribution < 1.29 is 0 Å². The maximum absolute atomic E-state index is 9.08. The second-order valence-electron chi connectivity index (χ2n) is 4.47. The Balaban J connectivity index is 2.66. The van der Waals surface area contributed by atoms with E-state index in [1.54, 1.807) is 0 Å². The number of hydrogen-bond acceptors (Lipinski definition) is 1. The van der Waals surface area contributed by atoms with Crippen molar-refractivity contribution in [2.75, 3.05) is 0 Å².